The second-order valence-corrected chi connectivity index (χ2v) is 4.54. The molecule has 0 amide bonds. The van der Waals surface area contributed by atoms with Crippen molar-refractivity contribution >= 4 is 18.2 Å². The summed E-state index contributed by atoms with van der Waals surface area (Å²) in [4.78, 5) is 12.2. The molecule has 3 N–H and O–H groups in total. The summed E-state index contributed by atoms with van der Waals surface area (Å²) in [7, 11) is 0. The predicted molar refractivity (Wildman–Crippen MR) is 82.3 cm³/mol. The van der Waals surface area contributed by atoms with E-state index in [-0.39, 0.29) is 30.8 Å². The number of carbonyl (C=O) groups is 1. The van der Waals surface area contributed by atoms with E-state index in [0.29, 0.717) is 17.5 Å². The van der Waals surface area contributed by atoms with Crippen LogP contribution in [0.3, 0.4) is 0 Å². The molecule has 0 aliphatic heterocycles. The molecule has 0 aromatic heterocycles. The first-order chi connectivity index (χ1) is 9.20. The van der Waals surface area contributed by atoms with E-state index in [4.69, 9.17) is 10.8 Å². The molecule has 0 heterocycles. The molecular weight excluding hydrogens is 274 g/mol. The Morgan fingerprint density at radius 3 is 2.10 bits per heavy atom. The molecule has 106 valence electrons. The van der Waals surface area contributed by atoms with Crippen LogP contribution in [-0.4, -0.2) is 23.5 Å². The van der Waals surface area contributed by atoms with Gasteiger partial charge in [-0.15, -0.1) is 12.4 Å². The zero-order valence-corrected chi connectivity index (χ0v) is 11.8. The van der Waals surface area contributed by atoms with Gasteiger partial charge in [-0.2, -0.15) is 0 Å². The molecule has 0 bridgehead atoms. The molecule has 0 aliphatic rings. The van der Waals surface area contributed by atoms with Crippen molar-refractivity contribution in [1.82, 2.24) is 0 Å². The van der Waals surface area contributed by atoms with Crippen molar-refractivity contribution < 1.29 is 9.90 Å². The van der Waals surface area contributed by atoms with Crippen LogP contribution in [0.5, 0.6) is 0 Å². The van der Waals surface area contributed by atoms with Crippen LogP contribution in [0.2, 0.25) is 0 Å². The summed E-state index contributed by atoms with van der Waals surface area (Å²) in [5.74, 6) is 0.0126. The van der Waals surface area contributed by atoms with Gasteiger partial charge in [0.1, 0.15) is 0 Å². The van der Waals surface area contributed by atoms with Gasteiger partial charge in [-0.1, -0.05) is 54.6 Å². The van der Waals surface area contributed by atoms with Crippen molar-refractivity contribution in [3.8, 4) is 0 Å². The summed E-state index contributed by atoms with van der Waals surface area (Å²) >= 11 is 0. The minimum absolute atomic E-state index is 0. The number of nitrogens with two attached hydrogens (primary N) is 1. The zero-order chi connectivity index (χ0) is 13.7. The molecule has 0 unspecified atom stereocenters. The van der Waals surface area contributed by atoms with Crippen molar-refractivity contribution in [3.63, 3.8) is 0 Å². The number of rotatable bonds is 5. The molecule has 0 radical (unpaired) electrons. The van der Waals surface area contributed by atoms with Crippen LogP contribution in [0.4, 0.5) is 0 Å². The third kappa shape index (κ3) is 4.17. The van der Waals surface area contributed by atoms with Crippen LogP contribution < -0.4 is 5.73 Å². The lowest BCUT2D eigenvalue weighted by molar-refractivity contribution is 0.103. The normalized spacial score (nSPS) is 11.5. The fourth-order valence-corrected chi connectivity index (χ4v) is 1.92. The highest BCUT2D eigenvalue weighted by Gasteiger charge is 2.08. The summed E-state index contributed by atoms with van der Waals surface area (Å²) in [6, 6.07) is 16.3. The van der Waals surface area contributed by atoms with Crippen molar-refractivity contribution in [1.29, 1.82) is 0 Å². The highest BCUT2D eigenvalue weighted by atomic mass is 35.5. The Hall–Kier alpha value is -1.68. The maximum Gasteiger partial charge on any atom is 0.193 e. The summed E-state index contributed by atoms with van der Waals surface area (Å²) in [6.07, 6.45) is 0.607. The van der Waals surface area contributed by atoms with E-state index in [1.807, 2.05) is 30.3 Å². The smallest absolute Gasteiger partial charge is 0.193 e. The molecule has 1 atom stereocenters. The number of carbonyl (C=O) groups excluding carboxylic acids is 1. The van der Waals surface area contributed by atoms with Crippen molar-refractivity contribution in [2.45, 2.75) is 12.5 Å². The van der Waals surface area contributed by atoms with E-state index in [9.17, 15) is 4.79 Å². The van der Waals surface area contributed by atoms with Gasteiger partial charge < -0.3 is 10.8 Å². The van der Waals surface area contributed by atoms with Gasteiger partial charge in [0.2, 0.25) is 0 Å². The van der Waals surface area contributed by atoms with E-state index in [1.54, 1.807) is 24.3 Å². The van der Waals surface area contributed by atoms with Crippen LogP contribution in [-0.2, 0) is 6.42 Å². The molecule has 0 fully saturated rings. The first-order valence-electron chi connectivity index (χ1n) is 6.26. The Labute approximate surface area is 124 Å². The van der Waals surface area contributed by atoms with E-state index in [1.165, 1.54) is 0 Å². The molecule has 0 aliphatic carbocycles. The Morgan fingerprint density at radius 2 is 1.55 bits per heavy atom. The predicted octanol–water partition coefficient (Wildman–Crippen LogP) is 2.20. The first kappa shape index (κ1) is 16.4. The minimum atomic E-state index is -0.254. The van der Waals surface area contributed by atoms with E-state index >= 15 is 0 Å². The fourth-order valence-electron chi connectivity index (χ4n) is 1.92. The number of aliphatic hydroxyl groups is 1. The summed E-state index contributed by atoms with van der Waals surface area (Å²) in [6.45, 7) is -0.0370. The van der Waals surface area contributed by atoms with Gasteiger partial charge in [-0.05, 0) is 12.0 Å². The van der Waals surface area contributed by atoms with Gasteiger partial charge >= 0.3 is 0 Å². The van der Waals surface area contributed by atoms with Gasteiger partial charge in [-0.25, -0.2) is 0 Å². The monoisotopic (exact) mass is 291 g/mol. The standard InChI is InChI=1S/C16H17NO2.ClH/c17-15(11-18)10-12-6-8-14(9-7-12)16(19)13-4-2-1-3-5-13;/h1-9,15,18H,10-11,17H2;1H/t15-;/m1./s1. The number of aliphatic hydroxyl groups excluding tert-OH is 1. The zero-order valence-electron chi connectivity index (χ0n) is 11.0. The summed E-state index contributed by atoms with van der Waals surface area (Å²) < 4.78 is 0. The molecule has 4 heteroatoms. The minimum Gasteiger partial charge on any atom is -0.395 e. The summed E-state index contributed by atoms with van der Waals surface area (Å²) in [5.41, 5.74) is 8.04. The van der Waals surface area contributed by atoms with E-state index in [2.05, 4.69) is 0 Å². The molecular formula is C16H18ClNO2. The molecule has 0 saturated carbocycles. The van der Waals surface area contributed by atoms with Crippen molar-refractivity contribution in [2.75, 3.05) is 6.61 Å². The maximum atomic E-state index is 12.2. The van der Waals surface area contributed by atoms with Crippen LogP contribution >= 0.6 is 12.4 Å². The van der Waals surface area contributed by atoms with Crippen molar-refractivity contribution in [3.05, 3.63) is 71.3 Å². The molecule has 2 aromatic carbocycles. The average Bonchev–Trinajstić information content (AvgIpc) is 2.48. The number of hydrogen-bond donors (Lipinski definition) is 2. The SMILES string of the molecule is Cl.N[C@@H](CO)Cc1ccc(C(=O)c2ccccc2)cc1. The quantitative estimate of drug-likeness (QED) is 0.830. The molecule has 0 saturated heterocycles. The largest absolute Gasteiger partial charge is 0.395 e. The lowest BCUT2D eigenvalue weighted by Gasteiger charge is -2.08. The molecule has 3 nitrogen and oxygen atoms in total. The number of halogens is 1. The van der Waals surface area contributed by atoms with Crippen LogP contribution in [0.15, 0.2) is 54.6 Å². The fraction of sp³-hybridized carbons (Fsp3) is 0.188. The lowest BCUT2D eigenvalue weighted by atomic mass is 10.00. The lowest BCUT2D eigenvalue weighted by Crippen LogP contribution is -2.26. The second-order valence-electron chi connectivity index (χ2n) is 4.54. The van der Waals surface area contributed by atoms with Gasteiger partial charge in [-0.3, -0.25) is 4.79 Å². The first-order valence-corrected chi connectivity index (χ1v) is 6.26. The molecule has 0 spiro atoms. The van der Waals surface area contributed by atoms with Crippen LogP contribution in [0.25, 0.3) is 0 Å². The Kier molecular flexibility index (Phi) is 6.39. The second kappa shape index (κ2) is 7.80. The topological polar surface area (TPSA) is 63.3 Å². The van der Waals surface area contributed by atoms with E-state index in [0.717, 1.165) is 5.56 Å². The highest BCUT2D eigenvalue weighted by molar-refractivity contribution is 6.08. The van der Waals surface area contributed by atoms with Gasteiger partial charge in [0.25, 0.3) is 0 Å². The van der Waals surface area contributed by atoms with Gasteiger partial charge in [0, 0.05) is 17.2 Å². The van der Waals surface area contributed by atoms with E-state index < -0.39 is 0 Å². The Morgan fingerprint density at radius 1 is 1.00 bits per heavy atom. The highest BCUT2D eigenvalue weighted by Crippen LogP contribution is 2.11. The third-order valence-corrected chi connectivity index (χ3v) is 2.98. The van der Waals surface area contributed by atoms with Crippen LogP contribution in [0.1, 0.15) is 21.5 Å². The average molecular weight is 292 g/mol. The summed E-state index contributed by atoms with van der Waals surface area (Å²) in [5, 5.41) is 8.91. The van der Waals surface area contributed by atoms with Crippen LogP contribution in [0, 0.1) is 0 Å². The third-order valence-electron chi connectivity index (χ3n) is 2.98. The molecule has 2 rings (SSSR count). The molecule has 20 heavy (non-hydrogen) atoms. The maximum absolute atomic E-state index is 12.2. The number of ketones is 1. The molecule has 2 aromatic rings. The number of benzene rings is 2. The number of hydrogen-bond acceptors (Lipinski definition) is 3. The van der Waals surface area contributed by atoms with Gasteiger partial charge in [0.15, 0.2) is 5.78 Å². The van der Waals surface area contributed by atoms with Gasteiger partial charge in [0.05, 0.1) is 6.61 Å². The Balaban J connectivity index is 0.00000200. The van der Waals surface area contributed by atoms with Crippen molar-refractivity contribution in [2.24, 2.45) is 5.73 Å². The Bertz CT molecular complexity index is 540.